The molecule has 0 fully saturated rings. The van der Waals surface area contributed by atoms with Gasteiger partial charge < -0.3 is 0 Å². The van der Waals surface area contributed by atoms with Crippen molar-refractivity contribution in [3.8, 4) is 16.8 Å². The average Bonchev–Trinajstić information content (AvgIpc) is 2.56. The molecule has 0 saturated carbocycles. The predicted octanol–water partition coefficient (Wildman–Crippen LogP) is 3.75. The third kappa shape index (κ3) is 2.73. The van der Waals surface area contributed by atoms with Crippen molar-refractivity contribution in [2.24, 2.45) is 0 Å². The average molecular weight is 279 g/mol. The molecule has 0 aliphatic rings. The van der Waals surface area contributed by atoms with Crippen LogP contribution in [0.15, 0.2) is 78.2 Å². The van der Waals surface area contributed by atoms with Crippen molar-refractivity contribution < 1.29 is 4.57 Å². The van der Waals surface area contributed by atoms with Crippen LogP contribution in [0.2, 0.25) is 0 Å². The number of rotatable bonds is 3. The van der Waals surface area contributed by atoms with Gasteiger partial charge in [0, 0.05) is 41.6 Å². The molecule has 0 aliphatic carbocycles. The van der Waals surface area contributed by atoms with E-state index in [2.05, 4.69) is 64.6 Å². The van der Waals surface area contributed by atoms with Crippen LogP contribution >= 0.6 is 11.8 Å². The first-order chi connectivity index (χ1) is 9.86. The summed E-state index contributed by atoms with van der Waals surface area (Å²) in [6.45, 7) is 0. The molecule has 0 amide bonds. The molecule has 0 atom stereocenters. The van der Waals surface area contributed by atoms with Crippen LogP contribution in [0.5, 0.6) is 0 Å². The molecular weight excluding hydrogens is 264 g/mol. The Hall–Kier alpha value is -2.13. The van der Waals surface area contributed by atoms with Crippen LogP contribution in [-0.4, -0.2) is 11.2 Å². The van der Waals surface area contributed by atoms with Crippen molar-refractivity contribution >= 4 is 11.8 Å². The molecule has 20 heavy (non-hydrogen) atoms. The highest BCUT2D eigenvalue weighted by atomic mass is 32.2. The van der Waals surface area contributed by atoms with E-state index < -0.39 is 0 Å². The number of hydrogen-bond donors (Lipinski definition) is 0. The minimum Gasteiger partial charge on any atom is -0.265 e. The molecule has 0 aliphatic heterocycles. The second-order valence-electron chi connectivity index (χ2n) is 4.43. The van der Waals surface area contributed by atoms with Gasteiger partial charge in [-0.05, 0) is 41.6 Å². The first-order valence-corrected chi connectivity index (χ1v) is 7.65. The van der Waals surface area contributed by atoms with Crippen molar-refractivity contribution in [3.05, 3.63) is 73.3 Å². The monoisotopic (exact) mass is 279 g/mol. The minimum absolute atomic E-state index is 1.17. The Kier molecular flexibility index (Phi) is 3.79. The molecule has 0 N–H and O–H groups in total. The summed E-state index contributed by atoms with van der Waals surface area (Å²) in [5, 5.41) is 0. The van der Waals surface area contributed by atoms with E-state index in [1.165, 1.54) is 21.7 Å². The smallest absolute Gasteiger partial charge is 0.210 e. The van der Waals surface area contributed by atoms with E-state index in [1.54, 1.807) is 11.8 Å². The lowest BCUT2D eigenvalue weighted by atomic mass is 10.1. The van der Waals surface area contributed by atoms with Crippen LogP contribution < -0.4 is 4.57 Å². The third-order valence-electron chi connectivity index (χ3n) is 3.21. The standard InChI is InChI=1S/C17H15N2S/c1-20-17-4-2-16(3-5-17)19-12-8-15(9-13-19)14-6-10-18-11-7-14/h2-13H,1H3/q+1. The summed E-state index contributed by atoms with van der Waals surface area (Å²) in [5.74, 6) is 0. The third-order valence-corrected chi connectivity index (χ3v) is 3.96. The van der Waals surface area contributed by atoms with Gasteiger partial charge in [0.1, 0.15) is 0 Å². The highest BCUT2D eigenvalue weighted by Crippen LogP contribution is 2.17. The SMILES string of the molecule is CSc1ccc(-[n+]2ccc(-c3ccncc3)cc2)cc1. The van der Waals surface area contributed by atoms with Gasteiger partial charge in [0.25, 0.3) is 0 Å². The predicted molar refractivity (Wildman–Crippen MR) is 83.0 cm³/mol. The molecule has 0 spiro atoms. The second-order valence-corrected chi connectivity index (χ2v) is 5.31. The highest BCUT2D eigenvalue weighted by molar-refractivity contribution is 7.98. The maximum atomic E-state index is 4.05. The Balaban J connectivity index is 1.89. The van der Waals surface area contributed by atoms with Gasteiger partial charge in [-0.1, -0.05) is 0 Å². The van der Waals surface area contributed by atoms with E-state index in [4.69, 9.17) is 0 Å². The number of hydrogen-bond acceptors (Lipinski definition) is 2. The van der Waals surface area contributed by atoms with Crippen LogP contribution in [0.25, 0.3) is 16.8 Å². The lowest BCUT2D eigenvalue weighted by Crippen LogP contribution is -2.28. The summed E-state index contributed by atoms with van der Waals surface area (Å²) in [5.41, 5.74) is 3.55. The number of aromatic nitrogens is 2. The molecule has 98 valence electrons. The lowest BCUT2D eigenvalue weighted by molar-refractivity contribution is -0.595. The fourth-order valence-corrected chi connectivity index (χ4v) is 2.50. The molecule has 2 heterocycles. The zero-order valence-electron chi connectivity index (χ0n) is 11.2. The summed E-state index contributed by atoms with van der Waals surface area (Å²) >= 11 is 1.76. The first kappa shape index (κ1) is 12.9. The summed E-state index contributed by atoms with van der Waals surface area (Å²) in [4.78, 5) is 5.33. The maximum Gasteiger partial charge on any atom is 0.210 e. The normalized spacial score (nSPS) is 10.4. The van der Waals surface area contributed by atoms with Crippen LogP contribution in [0, 0.1) is 0 Å². The number of nitrogens with zero attached hydrogens (tertiary/aromatic N) is 2. The Morgan fingerprint density at radius 3 is 2.00 bits per heavy atom. The van der Waals surface area contributed by atoms with Crippen LogP contribution in [0.3, 0.4) is 0 Å². The van der Waals surface area contributed by atoms with Crippen LogP contribution in [-0.2, 0) is 0 Å². The van der Waals surface area contributed by atoms with Crippen molar-refractivity contribution in [1.82, 2.24) is 4.98 Å². The van der Waals surface area contributed by atoms with Crippen LogP contribution in [0.4, 0.5) is 0 Å². The number of benzene rings is 1. The fourth-order valence-electron chi connectivity index (χ4n) is 2.09. The first-order valence-electron chi connectivity index (χ1n) is 6.43. The van der Waals surface area contributed by atoms with Gasteiger partial charge in [0.05, 0.1) is 0 Å². The Labute approximate surface area is 123 Å². The second kappa shape index (κ2) is 5.88. The summed E-state index contributed by atoms with van der Waals surface area (Å²) in [6.07, 6.45) is 9.90. The maximum absolute atomic E-state index is 4.05. The van der Waals surface area contributed by atoms with Gasteiger partial charge in [0.2, 0.25) is 5.69 Å². The lowest BCUT2D eigenvalue weighted by Gasteiger charge is -2.01. The number of pyridine rings is 2. The molecule has 0 bridgehead atoms. The van der Waals surface area contributed by atoms with E-state index in [1.807, 2.05) is 24.5 Å². The molecule has 3 heteroatoms. The zero-order valence-corrected chi connectivity index (χ0v) is 12.0. The van der Waals surface area contributed by atoms with E-state index >= 15 is 0 Å². The summed E-state index contributed by atoms with van der Waals surface area (Å²) < 4.78 is 2.12. The van der Waals surface area contributed by atoms with Gasteiger partial charge in [-0.15, -0.1) is 11.8 Å². The van der Waals surface area contributed by atoms with E-state index in [-0.39, 0.29) is 0 Å². The van der Waals surface area contributed by atoms with Crippen molar-refractivity contribution in [1.29, 1.82) is 0 Å². The van der Waals surface area contributed by atoms with Gasteiger partial charge in [-0.25, -0.2) is 0 Å². The molecule has 2 nitrogen and oxygen atoms in total. The van der Waals surface area contributed by atoms with Gasteiger partial charge in [-0.2, -0.15) is 4.57 Å². The van der Waals surface area contributed by atoms with Crippen LogP contribution in [0.1, 0.15) is 0 Å². The molecule has 0 saturated heterocycles. The Bertz CT molecular complexity index is 676. The van der Waals surface area contributed by atoms with Gasteiger partial charge >= 0.3 is 0 Å². The molecule has 3 rings (SSSR count). The Morgan fingerprint density at radius 2 is 1.40 bits per heavy atom. The highest BCUT2D eigenvalue weighted by Gasteiger charge is 2.06. The van der Waals surface area contributed by atoms with E-state index in [0.29, 0.717) is 0 Å². The van der Waals surface area contributed by atoms with Crippen molar-refractivity contribution in [3.63, 3.8) is 0 Å². The summed E-state index contributed by atoms with van der Waals surface area (Å²) in [6, 6.07) is 16.8. The minimum atomic E-state index is 1.17. The van der Waals surface area contributed by atoms with E-state index in [9.17, 15) is 0 Å². The molecular formula is C17H15N2S+. The summed E-state index contributed by atoms with van der Waals surface area (Å²) in [7, 11) is 0. The largest absolute Gasteiger partial charge is 0.265 e. The fraction of sp³-hybridized carbons (Fsp3) is 0.0588. The van der Waals surface area contributed by atoms with Gasteiger partial charge in [0.15, 0.2) is 12.4 Å². The van der Waals surface area contributed by atoms with E-state index in [0.717, 1.165) is 0 Å². The molecule has 1 aromatic carbocycles. The van der Waals surface area contributed by atoms with Crippen molar-refractivity contribution in [2.75, 3.05) is 6.26 Å². The Morgan fingerprint density at radius 1 is 0.800 bits per heavy atom. The molecule has 0 unspecified atom stereocenters. The quantitative estimate of drug-likeness (QED) is 0.536. The van der Waals surface area contributed by atoms with Gasteiger partial charge in [-0.3, -0.25) is 4.98 Å². The zero-order chi connectivity index (χ0) is 13.8. The number of thioether (sulfide) groups is 1. The molecule has 2 aromatic heterocycles. The molecule has 3 aromatic rings. The van der Waals surface area contributed by atoms with Crippen molar-refractivity contribution in [2.45, 2.75) is 4.90 Å². The molecule has 0 radical (unpaired) electrons. The topological polar surface area (TPSA) is 16.8 Å².